The van der Waals surface area contributed by atoms with Crippen LogP contribution in [0.5, 0.6) is 5.75 Å². The molecule has 1 aromatic heterocycles. The quantitative estimate of drug-likeness (QED) is 0.648. The van der Waals surface area contributed by atoms with Gasteiger partial charge in [-0.3, -0.25) is 14.4 Å². The minimum absolute atomic E-state index is 0.103. The van der Waals surface area contributed by atoms with Crippen LogP contribution in [0, 0.1) is 13.8 Å². The summed E-state index contributed by atoms with van der Waals surface area (Å²) in [6.07, 6.45) is 1.81. The Hall–Kier alpha value is -2.67. The molecular formula is C19H22N4O2S. The highest BCUT2D eigenvalue weighted by molar-refractivity contribution is 7.80. The number of methoxy groups -OCH3 is 1. The van der Waals surface area contributed by atoms with Crippen LogP contribution < -0.4 is 10.1 Å². The number of aryl methyl sites for hydroxylation is 2. The maximum absolute atomic E-state index is 12.4. The lowest BCUT2D eigenvalue weighted by atomic mass is 10.1. The average molecular weight is 370 g/mol. The molecule has 0 radical (unpaired) electrons. The van der Waals surface area contributed by atoms with E-state index < -0.39 is 0 Å². The normalized spacial score (nSPS) is 15.7. The summed E-state index contributed by atoms with van der Waals surface area (Å²) in [6.45, 7) is 7.05. The molecular weight excluding hydrogens is 348 g/mol. The van der Waals surface area contributed by atoms with Gasteiger partial charge in [0.25, 0.3) is 5.91 Å². The number of aromatic nitrogens is 2. The van der Waals surface area contributed by atoms with Crippen LogP contribution in [0.2, 0.25) is 0 Å². The summed E-state index contributed by atoms with van der Waals surface area (Å²) in [7, 11) is 1.65. The van der Waals surface area contributed by atoms with E-state index >= 15 is 0 Å². The molecule has 136 valence electrons. The van der Waals surface area contributed by atoms with Crippen LogP contribution in [0.3, 0.4) is 0 Å². The third-order valence-electron chi connectivity index (χ3n) is 4.32. The number of benzene rings is 1. The number of carbonyl (C=O) groups is 1. The molecule has 3 rings (SSSR count). The second-order valence-electron chi connectivity index (χ2n) is 6.19. The van der Waals surface area contributed by atoms with Crippen molar-refractivity contribution < 1.29 is 9.53 Å². The number of thiocarbonyl (C=S) groups is 1. The standard InChI is InChI=1S/C19H22N4O2S/c1-5-22-18(24)16(20-19(22)26)10-14-6-7-17(25-4)15(9-14)11-23-13(3)8-12(2)21-23/h6-10H,5,11H2,1-4H3,(H,20,26)/b16-10+. The Bertz CT molecular complexity index is 901. The Morgan fingerprint density at radius 2 is 2.08 bits per heavy atom. The number of ether oxygens (including phenoxy) is 1. The van der Waals surface area contributed by atoms with Gasteiger partial charge in [-0.1, -0.05) is 6.07 Å². The summed E-state index contributed by atoms with van der Waals surface area (Å²) in [6, 6.07) is 7.88. The number of nitrogens with zero attached hydrogens (tertiary/aromatic N) is 3. The molecule has 1 amide bonds. The number of likely N-dealkylation sites (N-methyl/N-ethyl adjacent to an activating group) is 1. The first-order valence-electron chi connectivity index (χ1n) is 8.45. The van der Waals surface area contributed by atoms with Gasteiger partial charge in [0.1, 0.15) is 11.4 Å². The van der Waals surface area contributed by atoms with Crippen molar-refractivity contribution >= 4 is 29.3 Å². The Labute approximate surface area is 158 Å². The maximum atomic E-state index is 12.4. The lowest BCUT2D eigenvalue weighted by Crippen LogP contribution is -2.30. The fraction of sp³-hybridized carbons (Fsp3) is 0.316. The van der Waals surface area contributed by atoms with Crippen molar-refractivity contribution in [2.45, 2.75) is 27.3 Å². The number of rotatable bonds is 5. The fourth-order valence-corrected chi connectivity index (χ4v) is 3.36. The van der Waals surface area contributed by atoms with E-state index in [1.807, 2.05) is 55.8 Å². The van der Waals surface area contributed by atoms with Crippen LogP contribution in [-0.4, -0.2) is 39.4 Å². The fourth-order valence-electron chi connectivity index (χ4n) is 3.03. The van der Waals surface area contributed by atoms with Crippen LogP contribution in [0.25, 0.3) is 6.08 Å². The van der Waals surface area contributed by atoms with Crippen LogP contribution in [-0.2, 0) is 11.3 Å². The van der Waals surface area contributed by atoms with Crippen molar-refractivity contribution in [2.75, 3.05) is 13.7 Å². The van der Waals surface area contributed by atoms with Gasteiger partial charge >= 0.3 is 0 Å². The first-order valence-corrected chi connectivity index (χ1v) is 8.86. The van der Waals surface area contributed by atoms with Crippen LogP contribution in [0.4, 0.5) is 0 Å². The van der Waals surface area contributed by atoms with Crippen molar-refractivity contribution in [1.29, 1.82) is 0 Å². The third-order valence-corrected chi connectivity index (χ3v) is 4.64. The molecule has 1 aliphatic heterocycles. The molecule has 6 nitrogen and oxygen atoms in total. The molecule has 26 heavy (non-hydrogen) atoms. The molecule has 2 aromatic rings. The zero-order chi connectivity index (χ0) is 18.8. The Morgan fingerprint density at radius 3 is 2.65 bits per heavy atom. The predicted molar refractivity (Wildman–Crippen MR) is 105 cm³/mol. The number of hydrogen-bond acceptors (Lipinski definition) is 4. The van der Waals surface area contributed by atoms with Gasteiger partial charge in [-0.25, -0.2) is 0 Å². The Morgan fingerprint density at radius 1 is 1.31 bits per heavy atom. The lowest BCUT2D eigenvalue weighted by molar-refractivity contribution is -0.122. The molecule has 1 aliphatic rings. The summed E-state index contributed by atoms with van der Waals surface area (Å²) in [5, 5.41) is 7.94. The minimum atomic E-state index is -0.103. The summed E-state index contributed by atoms with van der Waals surface area (Å²) < 4.78 is 7.43. The molecule has 0 aliphatic carbocycles. The number of nitrogens with one attached hydrogen (secondary N) is 1. The molecule has 0 bridgehead atoms. The van der Waals surface area contributed by atoms with E-state index in [9.17, 15) is 4.79 Å². The zero-order valence-electron chi connectivity index (χ0n) is 15.4. The van der Waals surface area contributed by atoms with Crippen molar-refractivity contribution in [2.24, 2.45) is 0 Å². The highest BCUT2D eigenvalue weighted by Crippen LogP contribution is 2.23. The van der Waals surface area contributed by atoms with Gasteiger partial charge in [0.2, 0.25) is 0 Å². The number of amides is 1. The van der Waals surface area contributed by atoms with E-state index in [1.165, 1.54) is 0 Å². The van der Waals surface area contributed by atoms with Crippen LogP contribution in [0.1, 0.15) is 29.4 Å². The summed E-state index contributed by atoms with van der Waals surface area (Å²) in [5.41, 5.74) is 4.45. The molecule has 1 saturated heterocycles. The molecule has 0 spiro atoms. The number of carbonyl (C=O) groups excluding carboxylic acids is 1. The summed E-state index contributed by atoms with van der Waals surface area (Å²) >= 11 is 5.20. The molecule has 1 fully saturated rings. The summed E-state index contributed by atoms with van der Waals surface area (Å²) in [4.78, 5) is 13.9. The average Bonchev–Trinajstić information content (AvgIpc) is 3.05. The van der Waals surface area contributed by atoms with Gasteiger partial charge in [-0.15, -0.1) is 0 Å². The highest BCUT2D eigenvalue weighted by Gasteiger charge is 2.29. The minimum Gasteiger partial charge on any atom is -0.496 e. The van der Waals surface area contributed by atoms with Crippen LogP contribution in [0.15, 0.2) is 30.0 Å². The van der Waals surface area contributed by atoms with E-state index in [1.54, 1.807) is 12.0 Å². The van der Waals surface area contributed by atoms with Crippen molar-refractivity contribution in [3.05, 3.63) is 52.5 Å². The lowest BCUT2D eigenvalue weighted by Gasteiger charge is -2.11. The third kappa shape index (κ3) is 3.48. The van der Waals surface area contributed by atoms with Crippen molar-refractivity contribution in [3.8, 4) is 5.75 Å². The largest absolute Gasteiger partial charge is 0.496 e. The molecule has 1 aromatic carbocycles. The summed E-state index contributed by atoms with van der Waals surface area (Å²) in [5.74, 6) is 0.685. The first kappa shape index (κ1) is 18.1. The van der Waals surface area contributed by atoms with Crippen LogP contribution >= 0.6 is 12.2 Å². The smallest absolute Gasteiger partial charge is 0.276 e. The molecule has 1 N–H and O–H groups in total. The van der Waals surface area contributed by atoms with Gasteiger partial charge in [-0.05, 0) is 62.8 Å². The van der Waals surface area contributed by atoms with Gasteiger partial charge in [0.15, 0.2) is 5.11 Å². The topological polar surface area (TPSA) is 59.4 Å². The molecule has 0 saturated carbocycles. The predicted octanol–water partition coefficient (Wildman–Crippen LogP) is 2.63. The molecule has 0 unspecified atom stereocenters. The molecule has 7 heteroatoms. The monoisotopic (exact) mass is 370 g/mol. The first-order chi connectivity index (χ1) is 12.4. The zero-order valence-corrected chi connectivity index (χ0v) is 16.2. The van der Waals surface area contributed by atoms with Crippen molar-refractivity contribution in [3.63, 3.8) is 0 Å². The Kier molecular flexibility index (Phi) is 5.08. The number of hydrogen-bond donors (Lipinski definition) is 1. The van der Waals surface area contributed by atoms with E-state index in [-0.39, 0.29) is 5.91 Å². The van der Waals surface area contributed by atoms with Gasteiger partial charge in [0, 0.05) is 17.8 Å². The molecule has 0 atom stereocenters. The van der Waals surface area contributed by atoms with Crippen molar-refractivity contribution in [1.82, 2.24) is 20.0 Å². The maximum Gasteiger partial charge on any atom is 0.276 e. The van der Waals surface area contributed by atoms with E-state index in [0.717, 1.165) is 28.3 Å². The second kappa shape index (κ2) is 7.29. The van der Waals surface area contributed by atoms with Gasteiger partial charge < -0.3 is 10.1 Å². The van der Waals surface area contributed by atoms with E-state index in [0.29, 0.717) is 23.9 Å². The van der Waals surface area contributed by atoms with Gasteiger partial charge in [-0.2, -0.15) is 5.10 Å². The van der Waals surface area contributed by atoms with E-state index in [4.69, 9.17) is 17.0 Å². The highest BCUT2D eigenvalue weighted by atomic mass is 32.1. The van der Waals surface area contributed by atoms with E-state index in [2.05, 4.69) is 10.4 Å². The second-order valence-corrected chi connectivity index (χ2v) is 6.58. The molecule has 2 heterocycles. The Balaban J connectivity index is 1.93. The SMILES string of the molecule is CCN1C(=O)/C(=C\c2ccc(OC)c(Cn3nc(C)cc3C)c2)NC1=S. The van der Waals surface area contributed by atoms with Gasteiger partial charge in [0.05, 0.1) is 19.3 Å².